The summed E-state index contributed by atoms with van der Waals surface area (Å²) < 4.78 is 0. The van der Waals surface area contributed by atoms with Gasteiger partial charge >= 0.3 is 6.03 Å². The number of nitroso groups, excluding NO2 is 1. The highest BCUT2D eigenvalue weighted by Crippen LogP contribution is 2.11. The fourth-order valence-electron chi connectivity index (χ4n) is 1.54. The van der Waals surface area contributed by atoms with Crippen molar-refractivity contribution in [2.75, 3.05) is 12.4 Å². The zero-order valence-electron chi connectivity index (χ0n) is 9.04. The molecule has 1 aliphatic rings. The highest BCUT2D eigenvalue weighted by molar-refractivity contribution is 6.18. The molecule has 0 spiro atoms. The van der Waals surface area contributed by atoms with Crippen molar-refractivity contribution in [2.45, 2.75) is 31.3 Å². The van der Waals surface area contributed by atoms with Crippen molar-refractivity contribution in [1.82, 2.24) is 15.6 Å². The standard InChI is InChI=1S/C8H15ClN4O4/c9-3-4-13(12-17)8(16)10-5-1-2-6(14)11-7(5)15/h5-7,11,14-15H,1-4H2,(H,10,16). The second kappa shape index (κ2) is 6.70. The second-order valence-electron chi connectivity index (χ2n) is 3.65. The Morgan fingerprint density at radius 3 is 2.76 bits per heavy atom. The molecular formula is C8H15ClN4O4. The van der Waals surface area contributed by atoms with Gasteiger partial charge in [-0.25, -0.2) is 4.79 Å². The van der Waals surface area contributed by atoms with E-state index in [-0.39, 0.29) is 12.4 Å². The monoisotopic (exact) mass is 266 g/mol. The Hall–Kier alpha value is -0.960. The molecule has 3 atom stereocenters. The van der Waals surface area contributed by atoms with Crippen LogP contribution < -0.4 is 10.6 Å². The Kier molecular flexibility index (Phi) is 5.56. The van der Waals surface area contributed by atoms with Crippen LogP contribution in [-0.2, 0) is 0 Å². The van der Waals surface area contributed by atoms with Crippen molar-refractivity contribution < 1.29 is 15.0 Å². The van der Waals surface area contributed by atoms with E-state index in [2.05, 4.69) is 15.9 Å². The number of aliphatic hydroxyl groups is 2. The number of carbonyl (C=O) groups excluding carboxylic acids is 1. The summed E-state index contributed by atoms with van der Waals surface area (Å²) in [6, 6.07) is -1.30. The normalized spacial score (nSPS) is 28.5. The number of rotatable bonds is 4. The van der Waals surface area contributed by atoms with Crippen LogP contribution >= 0.6 is 11.6 Å². The molecule has 0 radical (unpaired) electrons. The highest BCUT2D eigenvalue weighted by atomic mass is 35.5. The predicted molar refractivity (Wildman–Crippen MR) is 59.9 cm³/mol. The van der Waals surface area contributed by atoms with Gasteiger partial charge in [-0.2, -0.15) is 5.01 Å². The largest absolute Gasteiger partial charge is 0.379 e. The molecule has 0 saturated carbocycles. The molecule has 0 aliphatic carbocycles. The molecular weight excluding hydrogens is 252 g/mol. The van der Waals surface area contributed by atoms with Crippen LogP contribution in [0, 0.1) is 4.91 Å². The minimum Gasteiger partial charge on any atom is -0.379 e. The first-order valence-corrected chi connectivity index (χ1v) is 5.71. The number of nitrogens with zero attached hydrogens (tertiary/aromatic N) is 2. The Balaban J connectivity index is 2.47. The third-order valence-corrected chi connectivity index (χ3v) is 2.60. The van der Waals surface area contributed by atoms with Crippen LogP contribution in [0.1, 0.15) is 12.8 Å². The molecule has 3 unspecified atom stereocenters. The highest BCUT2D eigenvalue weighted by Gasteiger charge is 2.29. The number of halogens is 1. The Labute approximate surface area is 103 Å². The molecule has 2 amide bonds. The number of hydrogen-bond acceptors (Lipinski definition) is 6. The summed E-state index contributed by atoms with van der Waals surface area (Å²) in [7, 11) is 0. The Morgan fingerprint density at radius 2 is 2.24 bits per heavy atom. The quantitative estimate of drug-likeness (QED) is 0.305. The van der Waals surface area contributed by atoms with Gasteiger partial charge in [-0.15, -0.1) is 16.5 Å². The average molecular weight is 267 g/mol. The van der Waals surface area contributed by atoms with Gasteiger partial charge in [-0.1, -0.05) is 0 Å². The van der Waals surface area contributed by atoms with Crippen molar-refractivity contribution in [2.24, 2.45) is 5.29 Å². The summed E-state index contributed by atoms with van der Waals surface area (Å²) in [4.78, 5) is 21.9. The molecule has 1 aliphatic heterocycles. The third kappa shape index (κ3) is 4.08. The SMILES string of the molecule is O=NN(CCCl)C(=O)NC1CCC(O)NC1O. The van der Waals surface area contributed by atoms with E-state index in [4.69, 9.17) is 11.6 Å². The number of amides is 2. The molecule has 17 heavy (non-hydrogen) atoms. The molecule has 1 saturated heterocycles. The summed E-state index contributed by atoms with van der Waals surface area (Å²) in [6.45, 7) is -0.00421. The van der Waals surface area contributed by atoms with Crippen molar-refractivity contribution in [3.05, 3.63) is 4.91 Å². The maximum Gasteiger partial charge on any atom is 0.340 e. The maximum atomic E-state index is 11.5. The van der Waals surface area contributed by atoms with E-state index in [1.165, 1.54) is 0 Å². The number of carbonyl (C=O) groups is 1. The molecule has 0 bridgehead atoms. The summed E-state index contributed by atoms with van der Waals surface area (Å²) in [6.07, 6.45) is -1.06. The average Bonchev–Trinajstić information content (AvgIpc) is 2.29. The fraction of sp³-hybridized carbons (Fsp3) is 0.875. The summed E-state index contributed by atoms with van der Waals surface area (Å²) >= 11 is 5.39. The lowest BCUT2D eigenvalue weighted by Crippen LogP contribution is -2.58. The van der Waals surface area contributed by atoms with E-state index in [0.29, 0.717) is 17.9 Å². The van der Waals surface area contributed by atoms with Gasteiger partial charge in [-0.3, -0.25) is 5.32 Å². The van der Waals surface area contributed by atoms with E-state index < -0.39 is 24.5 Å². The van der Waals surface area contributed by atoms with Crippen LogP contribution in [-0.4, -0.2) is 52.2 Å². The van der Waals surface area contributed by atoms with Gasteiger partial charge in [0.25, 0.3) is 0 Å². The van der Waals surface area contributed by atoms with Crippen LogP contribution in [0.25, 0.3) is 0 Å². The second-order valence-corrected chi connectivity index (χ2v) is 4.03. The predicted octanol–water partition coefficient (Wildman–Crippen LogP) is -0.693. The van der Waals surface area contributed by atoms with Gasteiger partial charge in [0.15, 0.2) is 0 Å². The first-order valence-electron chi connectivity index (χ1n) is 5.18. The number of urea groups is 1. The zero-order valence-corrected chi connectivity index (χ0v) is 9.80. The molecule has 1 fully saturated rings. The van der Waals surface area contributed by atoms with Gasteiger partial charge in [-0.05, 0) is 12.8 Å². The molecule has 9 heteroatoms. The van der Waals surface area contributed by atoms with Gasteiger partial charge in [0, 0.05) is 5.88 Å². The fourth-order valence-corrected chi connectivity index (χ4v) is 1.70. The van der Waals surface area contributed by atoms with E-state index in [1.54, 1.807) is 0 Å². The van der Waals surface area contributed by atoms with E-state index in [0.717, 1.165) is 0 Å². The summed E-state index contributed by atoms with van der Waals surface area (Å²) in [5, 5.41) is 26.8. The van der Waals surface area contributed by atoms with Crippen molar-refractivity contribution >= 4 is 17.6 Å². The molecule has 1 rings (SSSR count). The van der Waals surface area contributed by atoms with E-state index in [9.17, 15) is 19.9 Å². The van der Waals surface area contributed by atoms with Crippen LogP contribution in [0.4, 0.5) is 4.79 Å². The number of alkyl halides is 1. The molecule has 0 aromatic heterocycles. The first kappa shape index (κ1) is 14.1. The maximum absolute atomic E-state index is 11.5. The van der Waals surface area contributed by atoms with Gasteiger partial charge in [0.2, 0.25) is 0 Å². The minimum absolute atomic E-state index is 0.00421. The van der Waals surface area contributed by atoms with Crippen LogP contribution in [0.3, 0.4) is 0 Å². The van der Waals surface area contributed by atoms with Gasteiger partial charge in [0.05, 0.1) is 17.9 Å². The number of piperidine rings is 1. The van der Waals surface area contributed by atoms with Crippen molar-refractivity contribution in [3.63, 3.8) is 0 Å². The molecule has 4 N–H and O–H groups in total. The summed E-state index contributed by atoms with van der Waals surface area (Å²) in [5.74, 6) is 0.0867. The van der Waals surface area contributed by atoms with Gasteiger partial charge < -0.3 is 15.5 Å². The smallest absolute Gasteiger partial charge is 0.340 e. The van der Waals surface area contributed by atoms with E-state index in [1.807, 2.05) is 0 Å². The Morgan fingerprint density at radius 1 is 1.53 bits per heavy atom. The van der Waals surface area contributed by atoms with Crippen molar-refractivity contribution in [3.8, 4) is 0 Å². The molecule has 1 heterocycles. The number of hydrogen-bond donors (Lipinski definition) is 4. The first-order chi connectivity index (χ1) is 8.08. The lowest BCUT2D eigenvalue weighted by Gasteiger charge is -2.32. The summed E-state index contributed by atoms with van der Waals surface area (Å²) in [5.41, 5.74) is 0. The van der Waals surface area contributed by atoms with Crippen LogP contribution in [0.2, 0.25) is 0 Å². The Bertz CT molecular complexity index is 280. The van der Waals surface area contributed by atoms with Crippen LogP contribution in [0.15, 0.2) is 5.29 Å². The molecule has 0 aromatic rings. The van der Waals surface area contributed by atoms with Crippen LogP contribution in [0.5, 0.6) is 0 Å². The van der Waals surface area contributed by atoms with Crippen molar-refractivity contribution in [1.29, 1.82) is 0 Å². The number of aliphatic hydroxyl groups excluding tert-OH is 2. The number of nitrogens with one attached hydrogen (secondary N) is 2. The third-order valence-electron chi connectivity index (χ3n) is 2.43. The van der Waals surface area contributed by atoms with E-state index >= 15 is 0 Å². The zero-order chi connectivity index (χ0) is 12.8. The topological polar surface area (TPSA) is 114 Å². The molecule has 8 nitrogen and oxygen atoms in total. The van der Waals surface area contributed by atoms with Gasteiger partial charge in [0.1, 0.15) is 12.5 Å². The molecule has 98 valence electrons. The lowest BCUT2D eigenvalue weighted by atomic mass is 10.0. The minimum atomic E-state index is -1.06. The molecule has 0 aromatic carbocycles. The lowest BCUT2D eigenvalue weighted by molar-refractivity contribution is -0.0154.